The van der Waals surface area contributed by atoms with Gasteiger partial charge in [-0.15, -0.1) is 0 Å². The van der Waals surface area contributed by atoms with E-state index in [0.717, 1.165) is 12.1 Å². The van der Waals surface area contributed by atoms with Crippen LogP contribution in [-0.4, -0.2) is 19.6 Å². The summed E-state index contributed by atoms with van der Waals surface area (Å²) in [5.74, 6) is -0.315. The third kappa shape index (κ3) is 3.70. The second kappa shape index (κ2) is 8.02. The van der Waals surface area contributed by atoms with Crippen LogP contribution in [0.2, 0.25) is 0 Å². The van der Waals surface area contributed by atoms with E-state index in [9.17, 15) is 4.79 Å². The van der Waals surface area contributed by atoms with E-state index in [1.165, 1.54) is 29.1 Å². The van der Waals surface area contributed by atoms with Crippen LogP contribution in [0.5, 0.6) is 0 Å². The minimum Gasteiger partial charge on any atom is -0.465 e. The maximum atomic E-state index is 11.6. The summed E-state index contributed by atoms with van der Waals surface area (Å²) < 4.78 is 4.77. The SMILES string of the molecule is CCNN(Cc1ccc(C(=O)OC)cc1)c1c(C)ccc2ccccc12. The van der Waals surface area contributed by atoms with Crippen molar-refractivity contribution in [2.75, 3.05) is 18.7 Å². The van der Waals surface area contributed by atoms with Crippen molar-refractivity contribution < 1.29 is 9.53 Å². The van der Waals surface area contributed by atoms with Crippen LogP contribution < -0.4 is 10.4 Å². The Balaban J connectivity index is 1.95. The Morgan fingerprint density at radius 1 is 1.04 bits per heavy atom. The predicted octanol–water partition coefficient (Wildman–Crippen LogP) is 4.47. The first-order valence-electron chi connectivity index (χ1n) is 8.80. The Bertz CT molecular complexity index is 904. The van der Waals surface area contributed by atoms with Gasteiger partial charge < -0.3 is 9.75 Å². The summed E-state index contributed by atoms with van der Waals surface area (Å²) in [6, 6.07) is 20.3. The summed E-state index contributed by atoms with van der Waals surface area (Å²) >= 11 is 0. The Hall–Kier alpha value is -2.85. The van der Waals surface area contributed by atoms with Crippen LogP contribution in [0.15, 0.2) is 60.7 Å². The molecular formula is C22H24N2O2. The number of fused-ring (bicyclic) bond motifs is 1. The molecule has 0 saturated carbocycles. The molecule has 3 aromatic rings. The first-order valence-corrected chi connectivity index (χ1v) is 8.80. The number of carbonyl (C=O) groups is 1. The van der Waals surface area contributed by atoms with Gasteiger partial charge in [-0.3, -0.25) is 0 Å². The molecule has 4 nitrogen and oxygen atoms in total. The van der Waals surface area contributed by atoms with E-state index >= 15 is 0 Å². The van der Waals surface area contributed by atoms with Crippen LogP contribution in [0.3, 0.4) is 0 Å². The van der Waals surface area contributed by atoms with Crippen molar-refractivity contribution >= 4 is 22.4 Å². The summed E-state index contributed by atoms with van der Waals surface area (Å²) in [5, 5.41) is 4.63. The maximum Gasteiger partial charge on any atom is 0.337 e. The predicted molar refractivity (Wildman–Crippen MR) is 106 cm³/mol. The lowest BCUT2D eigenvalue weighted by molar-refractivity contribution is 0.0600. The molecular weight excluding hydrogens is 324 g/mol. The average Bonchev–Trinajstić information content (AvgIpc) is 2.67. The number of benzene rings is 3. The fraction of sp³-hybridized carbons (Fsp3) is 0.227. The summed E-state index contributed by atoms with van der Waals surface area (Å²) in [7, 11) is 1.40. The molecule has 0 saturated heterocycles. The number of carbonyl (C=O) groups excluding carboxylic acids is 1. The number of aryl methyl sites for hydroxylation is 1. The smallest absolute Gasteiger partial charge is 0.337 e. The number of rotatable bonds is 6. The topological polar surface area (TPSA) is 41.6 Å². The molecule has 0 aliphatic heterocycles. The Morgan fingerprint density at radius 2 is 1.77 bits per heavy atom. The highest BCUT2D eigenvalue weighted by Gasteiger charge is 2.14. The van der Waals surface area contributed by atoms with Crippen LogP contribution in [0.4, 0.5) is 5.69 Å². The molecule has 0 radical (unpaired) electrons. The molecule has 0 spiro atoms. The van der Waals surface area contributed by atoms with E-state index in [1.54, 1.807) is 12.1 Å². The quantitative estimate of drug-likeness (QED) is 0.527. The number of anilines is 1. The van der Waals surface area contributed by atoms with Gasteiger partial charge in [0.2, 0.25) is 0 Å². The minimum absolute atomic E-state index is 0.315. The Labute approximate surface area is 154 Å². The van der Waals surface area contributed by atoms with E-state index < -0.39 is 0 Å². The van der Waals surface area contributed by atoms with Crippen LogP contribution in [0, 0.1) is 6.92 Å². The van der Waals surface area contributed by atoms with Gasteiger partial charge in [-0.25, -0.2) is 10.2 Å². The largest absolute Gasteiger partial charge is 0.465 e. The Kier molecular flexibility index (Phi) is 5.54. The zero-order valence-electron chi connectivity index (χ0n) is 15.5. The van der Waals surface area contributed by atoms with Gasteiger partial charge >= 0.3 is 5.97 Å². The molecule has 0 heterocycles. The van der Waals surface area contributed by atoms with Crippen molar-refractivity contribution in [1.82, 2.24) is 5.43 Å². The van der Waals surface area contributed by atoms with Crippen molar-refractivity contribution in [3.05, 3.63) is 77.4 Å². The number of hydrogen-bond acceptors (Lipinski definition) is 4. The highest BCUT2D eigenvalue weighted by atomic mass is 16.5. The third-order valence-corrected chi connectivity index (χ3v) is 4.44. The lowest BCUT2D eigenvalue weighted by Crippen LogP contribution is -2.38. The van der Waals surface area contributed by atoms with Gasteiger partial charge in [0, 0.05) is 11.9 Å². The van der Waals surface area contributed by atoms with Crippen LogP contribution in [0.1, 0.15) is 28.4 Å². The maximum absolute atomic E-state index is 11.6. The van der Waals surface area contributed by atoms with Crippen molar-refractivity contribution in [2.45, 2.75) is 20.4 Å². The summed E-state index contributed by atoms with van der Waals surface area (Å²) in [6.07, 6.45) is 0. The molecule has 0 amide bonds. The number of nitrogens with zero attached hydrogens (tertiary/aromatic N) is 1. The average molecular weight is 348 g/mol. The minimum atomic E-state index is -0.315. The molecule has 3 aromatic carbocycles. The first-order chi connectivity index (χ1) is 12.6. The molecule has 0 fully saturated rings. The second-order valence-corrected chi connectivity index (χ2v) is 6.24. The number of ether oxygens (including phenoxy) is 1. The number of hydrogen-bond donors (Lipinski definition) is 1. The molecule has 0 atom stereocenters. The third-order valence-electron chi connectivity index (χ3n) is 4.44. The lowest BCUT2D eigenvalue weighted by Gasteiger charge is -2.28. The fourth-order valence-electron chi connectivity index (χ4n) is 3.17. The molecule has 0 unspecified atom stereocenters. The monoisotopic (exact) mass is 348 g/mol. The Morgan fingerprint density at radius 3 is 2.46 bits per heavy atom. The summed E-state index contributed by atoms with van der Waals surface area (Å²) in [6.45, 7) is 5.74. The van der Waals surface area contributed by atoms with E-state index in [4.69, 9.17) is 4.74 Å². The summed E-state index contributed by atoms with van der Waals surface area (Å²) in [5.41, 5.74) is 7.55. The molecule has 4 heteroatoms. The molecule has 0 aliphatic carbocycles. The first kappa shape index (κ1) is 18.0. The van der Waals surface area contributed by atoms with Crippen molar-refractivity contribution in [3.8, 4) is 0 Å². The van der Waals surface area contributed by atoms with Gasteiger partial charge in [0.25, 0.3) is 0 Å². The second-order valence-electron chi connectivity index (χ2n) is 6.24. The number of hydrazine groups is 1. The van der Waals surface area contributed by atoms with E-state index in [0.29, 0.717) is 12.1 Å². The standard InChI is InChI=1S/C22H24N2O2/c1-4-23-24(15-17-10-13-19(14-11-17)22(25)26-3)21-16(2)9-12-18-7-5-6-8-20(18)21/h5-14,23H,4,15H2,1-3H3. The zero-order valence-corrected chi connectivity index (χ0v) is 15.5. The van der Waals surface area contributed by atoms with Gasteiger partial charge in [0.05, 0.1) is 24.9 Å². The van der Waals surface area contributed by atoms with E-state index in [2.05, 4.69) is 60.7 Å². The molecule has 0 bridgehead atoms. The van der Waals surface area contributed by atoms with E-state index in [1.807, 2.05) is 12.1 Å². The van der Waals surface area contributed by atoms with Gasteiger partial charge in [0.1, 0.15) is 0 Å². The zero-order chi connectivity index (χ0) is 18.5. The van der Waals surface area contributed by atoms with Crippen LogP contribution in [-0.2, 0) is 11.3 Å². The van der Waals surface area contributed by atoms with Gasteiger partial charge in [-0.2, -0.15) is 0 Å². The summed E-state index contributed by atoms with van der Waals surface area (Å²) in [4.78, 5) is 11.6. The number of esters is 1. The van der Waals surface area contributed by atoms with Gasteiger partial charge in [0.15, 0.2) is 0 Å². The fourth-order valence-corrected chi connectivity index (χ4v) is 3.17. The van der Waals surface area contributed by atoms with Crippen LogP contribution in [0.25, 0.3) is 10.8 Å². The van der Waals surface area contributed by atoms with Gasteiger partial charge in [-0.05, 0) is 35.6 Å². The highest BCUT2D eigenvalue weighted by molar-refractivity contribution is 5.95. The highest BCUT2D eigenvalue weighted by Crippen LogP contribution is 2.30. The number of nitrogens with one attached hydrogen (secondary N) is 1. The molecule has 26 heavy (non-hydrogen) atoms. The van der Waals surface area contributed by atoms with Crippen molar-refractivity contribution in [3.63, 3.8) is 0 Å². The molecule has 134 valence electrons. The van der Waals surface area contributed by atoms with Crippen molar-refractivity contribution in [1.29, 1.82) is 0 Å². The molecule has 0 aliphatic rings. The molecule has 0 aromatic heterocycles. The number of methoxy groups -OCH3 is 1. The molecule has 1 N–H and O–H groups in total. The normalized spacial score (nSPS) is 10.7. The van der Waals surface area contributed by atoms with Gasteiger partial charge in [-0.1, -0.05) is 55.5 Å². The lowest BCUT2D eigenvalue weighted by atomic mass is 10.0. The van der Waals surface area contributed by atoms with Crippen molar-refractivity contribution in [2.24, 2.45) is 0 Å². The van der Waals surface area contributed by atoms with E-state index in [-0.39, 0.29) is 5.97 Å². The van der Waals surface area contributed by atoms with Crippen LogP contribution >= 0.6 is 0 Å². The molecule has 3 rings (SSSR count).